The third kappa shape index (κ3) is 1.55. The average Bonchev–Trinajstić information content (AvgIpc) is 2.34. The van der Waals surface area contributed by atoms with Crippen LogP contribution in [0.4, 0.5) is 4.39 Å². The highest BCUT2D eigenvalue weighted by Crippen LogP contribution is 2.23. The van der Waals surface area contributed by atoms with E-state index in [0.717, 1.165) is 10.4 Å². The summed E-state index contributed by atoms with van der Waals surface area (Å²) in [4.78, 5) is 0.736. The van der Waals surface area contributed by atoms with E-state index in [4.69, 9.17) is 5.73 Å². The lowest BCUT2D eigenvalue weighted by atomic mass is 10.3. The van der Waals surface area contributed by atoms with E-state index >= 15 is 0 Å². The molecule has 0 bridgehead atoms. The molecule has 1 aromatic heterocycles. The molecule has 10 heavy (non-hydrogen) atoms. The van der Waals surface area contributed by atoms with Crippen LogP contribution in [-0.4, -0.2) is 6.54 Å². The van der Waals surface area contributed by atoms with Crippen LogP contribution in [0.3, 0.4) is 0 Å². The Kier molecular flexibility index (Phi) is 2.40. The Hall–Kier alpha value is -0.410. The SMILES string of the molecule is Cc1csc(C(F)CN)c1. The minimum absolute atomic E-state index is 0.0833. The van der Waals surface area contributed by atoms with Gasteiger partial charge < -0.3 is 5.73 Å². The standard InChI is InChI=1S/C7H10FNS/c1-5-2-7(10-4-5)6(8)3-9/h2,4,6H,3,9H2,1H3. The molecule has 1 unspecified atom stereocenters. The van der Waals surface area contributed by atoms with Gasteiger partial charge in [0.2, 0.25) is 0 Å². The molecule has 0 aliphatic carbocycles. The predicted molar refractivity (Wildman–Crippen MR) is 42.0 cm³/mol. The molecular weight excluding hydrogens is 149 g/mol. The maximum Gasteiger partial charge on any atom is 0.146 e. The first-order valence-corrected chi connectivity index (χ1v) is 4.01. The number of halogens is 1. The van der Waals surface area contributed by atoms with E-state index in [1.165, 1.54) is 11.3 Å². The molecule has 0 amide bonds. The van der Waals surface area contributed by atoms with Crippen LogP contribution in [0.5, 0.6) is 0 Å². The molecule has 1 nitrogen and oxygen atoms in total. The molecule has 1 atom stereocenters. The zero-order valence-electron chi connectivity index (χ0n) is 5.80. The largest absolute Gasteiger partial charge is 0.327 e. The number of nitrogens with two attached hydrogens (primary N) is 1. The molecule has 0 aliphatic heterocycles. The van der Waals surface area contributed by atoms with Crippen molar-refractivity contribution >= 4 is 11.3 Å². The fraction of sp³-hybridized carbons (Fsp3) is 0.429. The quantitative estimate of drug-likeness (QED) is 0.702. The molecule has 1 aromatic rings. The van der Waals surface area contributed by atoms with E-state index < -0.39 is 6.17 Å². The second kappa shape index (κ2) is 3.12. The first kappa shape index (κ1) is 7.69. The van der Waals surface area contributed by atoms with Crippen LogP contribution in [0.1, 0.15) is 16.6 Å². The summed E-state index contributed by atoms with van der Waals surface area (Å²) in [5.41, 5.74) is 6.25. The Bertz CT molecular complexity index is 209. The van der Waals surface area contributed by atoms with Gasteiger partial charge in [-0.05, 0) is 23.9 Å². The Morgan fingerprint density at radius 1 is 1.80 bits per heavy atom. The number of hydrogen-bond donors (Lipinski definition) is 1. The van der Waals surface area contributed by atoms with E-state index in [-0.39, 0.29) is 6.54 Å². The van der Waals surface area contributed by atoms with E-state index in [1.54, 1.807) is 0 Å². The van der Waals surface area contributed by atoms with Gasteiger partial charge in [-0.25, -0.2) is 4.39 Å². The van der Waals surface area contributed by atoms with Crippen LogP contribution < -0.4 is 5.73 Å². The van der Waals surface area contributed by atoms with Crippen molar-refractivity contribution in [3.8, 4) is 0 Å². The van der Waals surface area contributed by atoms with Crippen molar-refractivity contribution < 1.29 is 4.39 Å². The third-order valence-corrected chi connectivity index (χ3v) is 2.40. The molecule has 0 saturated carbocycles. The lowest BCUT2D eigenvalue weighted by Gasteiger charge is -1.98. The predicted octanol–water partition coefficient (Wildman–Crippen LogP) is 2.03. The number of thiophene rings is 1. The maximum atomic E-state index is 12.8. The Morgan fingerprint density at radius 3 is 2.90 bits per heavy atom. The molecule has 2 N–H and O–H groups in total. The lowest BCUT2D eigenvalue weighted by Crippen LogP contribution is -2.05. The Morgan fingerprint density at radius 2 is 2.50 bits per heavy atom. The molecule has 0 fully saturated rings. The van der Waals surface area contributed by atoms with Gasteiger partial charge in [-0.15, -0.1) is 11.3 Å². The van der Waals surface area contributed by atoms with Gasteiger partial charge in [0, 0.05) is 11.4 Å². The van der Waals surface area contributed by atoms with Gasteiger partial charge in [-0.2, -0.15) is 0 Å². The Balaban J connectivity index is 2.74. The zero-order chi connectivity index (χ0) is 7.56. The summed E-state index contributed by atoms with van der Waals surface area (Å²) in [5.74, 6) is 0. The highest BCUT2D eigenvalue weighted by molar-refractivity contribution is 7.10. The normalized spacial score (nSPS) is 13.5. The monoisotopic (exact) mass is 159 g/mol. The summed E-state index contributed by atoms with van der Waals surface area (Å²) in [6, 6.07) is 1.84. The topological polar surface area (TPSA) is 26.0 Å². The van der Waals surface area contributed by atoms with Gasteiger partial charge in [0.25, 0.3) is 0 Å². The van der Waals surface area contributed by atoms with E-state index in [1.807, 2.05) is 18.4 Å². The zero-order valence-corrected chi connectivity index (χ0v) is 6.62. The van der Waals surface area contributed by atoms with Crippen LogP contribution in [-0.2, 0) is 0 Å². The minimum atomic E-state index is -0.973. The van der Waals surface area contributed by atoms with Crippen molar-refractivity contribution in [3.05, 3.63) is 21.9 Å². The summed E-state index contributed by atoms with van der Waals surface area (Å²) >= 11 is 1.43. The molecule has 0 saturated heterocycles. The first-order valence-electron chi connectivity index (χ1n) is 3.13. The first-order chi connectivity index (χ1) is 4.74. The Labute approximate surface area is 63.7 Å². The number of rotatable bonds is 2. The summed E-state index contributed by atoms with van der Waals surface area (Å²) < 4.78 is 12.8. The van der Waals surface area contributed by atoms with Crippen molar-refractivity contribution in [2.45, 2.75) is 13.1 Å². The summed E-state index contributed by atoms with van der Waals surface area (Å²) in [7, 11) is 0. The van der Waals surface area contributed by atoms with Gasteiger partial charge in [-0.1, -0.05) is 0 Å². The molecule has 0 spiro atoms. The molecule has 3 heteroatoms. The summed E-state index contributed by atoms with van der Waals surface area (Å²) in [5, 5.41) is 1.93. The van der Waals surface area contributed by atoms with Crippen molar-refractivity contribution in [1.29, 1.82) is 0 Å². The van der Waals surface area contributed by atoms with E-state index in [9.17, 15) is 4.39 Å². The van der Waals surface area contributed by atoms with Gasteiger partial charge in [-0.3, -0.25) is 0 Å². The molecule has 0 aromatic carbocycles. The fourth-order valence-corrected chi connectivity index (χ4v) is 1.62. The average molecular weight is 159 g/mol. The molecular formula is C7H10FNS. The molecule has 1 rings (SSSR count). The van der Waals surface area contributed by atoms with Crippen molar-refractivity contribution in [3.63, 3.8) is 0 Å². The minimum Gasteiger partial charge on any atom is -0.327 e. The lowest BCUT2D eigenvalue weighted by molar-refractivity contribution is 0.358. The highest BCUT2D eigenvalue weighted by Gasteiger charge is 2.07. The van der Waals surface area contributed by atoms with E-state index in [0.29, 0.717) is 0 Å². The van der Waals surface area contributed by atoms with E-state index in [2.05, 4.69) is 0 Å². The van der Waals surface area contributed by atoms with Crippen LogP contribution in [0.25, 0.3) is 0 Å². The number of hydrogen-bond acceptors (Lipinski definition) is 2. The maximum absolute atomic E-state index is 12.8. The summed E-state index contributed by atoms with van der Waals surface area (Å²) in [6.07, 6.45) is -0.973. The number of alkyl halides is 1. The van der Waals surface area contributed by atoms with Crippen LogP contribution in [0.15, 0.2) is 11.4 Å². The third-order valence-electron chi connectivity index (χ3n) is 1.27. The van der Waals surface area contributed by atoms with Gasteiger partial charge in [0.15, 0.2) is 0 Å². The molecule has 0 radical (unpaired) electrons. The van der Waals surface area contributed by atoms with Crippen molar-refractivity contribution in [2.75, 3.05) is 6.54 Å². The molecule has 56 valence electrons. The second-order valence-electron chi connectivity index (χ2n) is 2.23. The van der Waals surface area contributed by atoms with Gasteiger partial charge in [0.1, 0.15) is 6.17 Å². The van der Waals surface area contributed by atoms with Crippen LogP contribution in [0, 0.1) is 6.92 Å². The molecule has 1 heterocycles. The fourth-order valence-electron chi connectivity index (χ4n) is 0.734. The molecule has 0 aliphatic rings. The van der Waals surface area contributed by atoms with Crippen molar-refractivity contribution in [2.24, 2.45) is 5.73 Å². The highest BCUT2D eigenvalue weighted by atomic mass is 32.1. The smallest absolute Gasteiger partial charge is 0.146 e. The van der Waals surface area contributed by atoms with Crippen LogP contribution >= 0.6 is 11.3 Å². The summed E-state index contributed by atoms with van der Waals surface area (Å²) in [6.45, 7) is 2.03. The van der Waals surface area contributed by atoms with Gasteiger partial charge in [0.05, 0.1) is 0 Å². The van der Waals surface area contributed by atoms with Crippen molar-refractivity contribution in [1.82, 2.24) is 0 Å². The van der Waals surface area contributed by atoms with Crippen LogP contribution in [0.2, 0.25) is 0 Å². The second-order valence-corrected chi connectivity index (χ2v) is 3.17. The van der Waals surface area contributed by atoms with Gasteiger partial charge >= 0.3 is 0 Å². The number of aryl methyl sites for hydroxylation is 1.